The number of nitrogens with zero attached hydrogens (tertiary/aromatic N) is 5. The van der Waals surface area contributed by atoms with Gasteiger partial charge < -0.3 is 19.3 Å². The van der Waals surface area contributed by atoms with E-state index in [2.05, 4.69) is 15.0 Å². The number of carbonyl (C=O) groups is 2. The molecule has 1 aromatic carbocycles. The molecule has 1 atom stereocenters. The molecule has 1 saturated heterocycles. The van der Waals surface area contributed by atoms with Gasteiger partial charge in [-0.05, 0) is 37.3 Å². The Morgan fingerprint density at radius 1 is 1.06 bits per heavy atom. The van der Waals surface area contributed by atoms with E-state index in [9.17, 15) is 9.59 Å². The van der Waals surface area contributed by atoms with Gasteiger partial charge in [0.2, 0.25) is 5.95 Å². The number of amides is 1. The number of hydrogen-bond donors (Lipinski definition) is 0. The summed E-state index contributed by atoms with van der Waals surface area (Å²) in [7, 11) is 1.60. The maximum atomic E-state index is 12.8. The zero-order chi connectivity index (χ0) is 22.5. The maximum Gasteiger partial charge on any atom is 0.358 e. The molecule has 4 rings (SSSR count). The van der Waals surface area contributed by atoms with Crippen molar-refractivity contribution >= 4 is 29.2 Å². The molecule has 3 heterocycles. The third-order valence-corrected chi connectivity index (χ3v) is 6.00. The standard InChI is InChI=1S/C22H23N5O4S/c1-15(20(28)26-10-12-27(13-11-26)22-23-8-3-9-24-22)31-21(29)18-14-32-19(25-18)16-4-6-17(30-2)7-5-16/h3-9,14-15H,10-13H2,1-2H3. The molecule has 0 aliphatic carbocycles. The molecule has 0 radical (unpaired) electrons. The zero-order valence-electron chi connectivity index (χ0n) is 17.8. The maximum absolute atomic E-state index is 12.8. The molecule has 3 aromatic rings. The Bertz CT molecular complexity index is 1070. The predicted octanol–water partition coefficient (Wildman–Crippen LogP) is 2.50. The highest BCUT2D eigenvalue weighted by Gasteiger charge is 2.28. The molecule has 32 heavy (non-hydrogen) atoms. The van der Waals surface area contributed by atoms with Gasteiger partial charge in [0.05, 0.1) is 7.11 Å². The monoisotopic (exact) mass is 453 g/mol. The molecule has 0 spiro atoms. The summed E-state index contributed by atoms with van der Waals surface area (Å²) in [5.74, 6) is 0.556. The van der Waals surface area contributed by atoms with Gasteiger partial charge in [-0.3, -0.25) is 4.79 Å². The first-order valence-electron chi connectivity index (χ1n) is 10.2. The van der Waals surface area contributed by atoms with Gasteiger partial charge in [-0.25, -0.2) is 19.7 Å². The quantitative estimate of drug-likeness (QED) is 0.525. The van der Waals surface area contributed by atoms with Crippen LogP contribution in [0.5, 0.6) is 5.75 Å². The number of ether oxygens (including phenoxy) is 2. The highest BCUT2D eigenvalue weighted by Crippen LogP contribution is 2.26. The average Bonchev–Trinajstić information content (AvgIpc) is 3.35. The van der Waals surface area contributed by atoms with Crippen molar-refractivity contribution in [2.45, 2.75) is 13.0 Å². The lowest BCUT2D eigenvalue weighted by Crippen LogP contribution is -2.52. The van der Waals surface area contributed by atoms with Crippen LogP contribution in [0.3, 0.4) is 0 Å². The van der Waals surface area contributed by atoms with E-state index in [0.29, 0.717) is 37.1 Å². The molecule has 1 unspecified atom stereocenters. The summed E-state index contributed by atoms with van der Waals surface area (Å²) in [4.78, 5) is 41.9. The third kappa shape index (κ3) is 4.86. The lowest BCUT2D eigenvalue weighted by Gasteiger charge is -2.35. The Morgan fingerprint density at radius 2 is 1.75 bits per heavy atom. The van der Waals surface area contributed by atoms with Crippen LogP contribution in [0, 0.1) is 0 Å². The number of methoxy groups -OCH3 is 1. The molecule has 1 amide bonds. The molecule has 166 valence electrons. The second-order valence-electron chi connectivity index (χ2n) is 7.18. The summed E-state index contributed by atoms with van der Waals surface area (Å²) >= 11 is 1.34. The molecule has 1 aliphatic rings. The van der Waals surface area contributed by atoms with Crippen molar-refractivity contribution in [3.63, 3.8) is 0 Å². The van der Waals surface area contributed by atoms with E-state index in [1.165, 1.54) is 11.3 Å². The molecule has 0 saturated carbocycles. The molecular formula is C22H23N5O4S. The summed E-state index contributed by atoms with van der Waals surface area (Å²) in [5.41, 5.74) is 1.06. The van der Waals surface area contributed by atoms with E-state index in [1.54, 1.807) is 42.8 Å². The molecule has 9 nitrogen and oxygen atoms in total. The van der Waals surface area contributed by atoms with Gasteiger partial charge in [0, 0.05) is 49.5 Å². The van der Waals surface area contributed by atoms with Crippen molar-refractivity contribution in [3.8, 4) is 16.3 Å². The van der Waals surface area contributed by atoms with Crippen molar-refractivity contribution in [3.05, 3.63) is 53.8 Å². The summed E-state index contributed by atoms with van der Waals surface area (Å²) in [6, 6.07) is 9.18. The van der Waals surface area contributed by atoms with Crippen LogP contribution < -0.4 is 9.64 Å². The summed E-state index contributed by atoms with van der Waals surface area (Å²) < 4.78 is 10.6. The number of rotatable bonds is 6. The van der Waals surface area contributed by atoms with Crippen LogP contribution in [0.25, 0.3) is 10.6 Å². The fourth-order valence-corrected chi connectivity index (χ4v) is 4.14. The SMILES string of the molecule is COc1ccc(-c2nc(C(=O)OC(C)C(=O)N3CCN(c4ncccn4)CC3)cs2)cc1. The fourth-order valence-electron chi connectivity index (χ4n) is 3.34. The Morgan fingerprint density at radius 3 is 2.41 bits per heavy atom. The number of hydrogen-bond acceptors (Lipinski definition) is 9. The van der Waals surface area contributed by atoms with Gasteiger partial charge in [0.15, 0.2) is 11.8 Å². The molecule has 1 aliphatic heterocycles. The Kier molecular flexibility index (Phi) is 6.60. The van der Waals surface area contributed by atoms with E-state index in [-0.39, 0.29) is 11.6 Å². The number of carbonyl (C=O) groups excluding carboxylic acids is 2. The van der Waals surface area contributed by atoms with Crippen molar-refractivity contribution in [2.75, 3.05) is 38.2 Å². The predicted molar refractivity (Wildman–Crippen MR) is 120 cm³/mol. The van der Waals surface area contributed by atoms with Gasteiger partial charge in [0.25, 0.3) is 5.91 Å². The number of piperazine rings is 1. The van der Waals surface area contributed by atoms with E-state index >= 15 is 0 Å². The minimum Gasteiger partial charge on any atom is -0.497 e. The normalized spacial score (nSPS) is 14.7. The molecular weight excluding hydrogens is 430 g/mol. The highest BCUT2D eigenvalue weighted by atomic mass is 32.1. The van der Waals surface area contributed by atoms with Crippen molar-refractivity contribution in [2.24, 2.45) is 0 Å². The van der Waals surface area contributed by atoms with Crippen LogP contribution in [0.15, 0.2) is 48.1 Å². The van der Waals surface area contributed by atoms with Crippen LogP contribution in [-0.4, -0.2) is 71.1 Å². The van der Waals surface area contributed by atoms with Gasteiger partial charge in [0.1, 0.15) is 10.8 Å². The Balaban J connectivity index is 1.31. The minimum absolute atomic E-state index is 0.187. The van der Waals surface area contributed by atoms with Crippen LogP contribution in [-0.2, 0) is 9.53 Å². The van der Waals surface area contributed by atoms with Crippen molar-refractivity contribution in [1.29, 1.82) is 0 Å². The lowest BCUT2D eigenvalue weighted by molar-refractivity contribution is -0.140. The first kappa shape index (κ1) is 21.7. The molecule has 0 bridgehead atoms. The second-order valence-corrected chi connectivity index (χ2v) is 8.03. The Labute approximate surface area is 189 Å². The summed E-state index contributed by atoms with van der Waals surface area (Å²) in [5, 5.41) is 2.33. The molecule has 2 aromatic heterocycles. The topological polar surface area (TPSA) is 97.8 Å². The number of aromatic nitrogens is 3. The lowest BCUT2D eigenvalue weighted by atomic mass is 10.2. The zero-order valence-corrected chi connectivity index (χ0v) is 18.6. The van der Waals surface area contributed by atoms with Gasteiger partial charge in [-0.15, -0.1) is 11.3 Å². The number of esters is 1. The smallest absolute Gasteiger partial charge is 0.358 e. The van der Waals surface area contributed by atoms with E-state index in [0.717, 1.165) is 11.3 Å². The minimum atomic E-state index is -0.895. The molecule has 10 heteroatoms. The molecule has 1 fully saturated rings. The second kappa shape index (κ2) is 9.73. The van der Waals surface area contributed by atoms with E-state index in [1.807, 2.05) is 29.2 Å². The average molecular weight is 454 g/mol. The summed E-state index contributed by atoms with van der Waals surface area (Å²) in [6.45, 7) is 3.85. The summed E-state index contributed by atoms with van der Waals surface area (Å²) in [6.07, 6.45) is 2.49. The Hall–Kier alpha value is -3.53. The van der Waals surface area contributed by atoms with Gasteiger partial charge in [-0.1, -0.05) is 0 Å². The number of thiazole rings is 1. The van der Waals surface area contributed by atoms with Crippen molar-refractivity contribution in [1.82, 2.24) is 19.9 Å². The van der Waals surface area contributed by atoms with Crippen LogP contribution in [0.2, 0.25) is 0 Å². The highest BCUT2D eigenvalue weighted by molar-refractivity contribution is 7.13. The van der Waals surface area contributed by atoms with Crippen molar-refractivity contribution < 1.29 is 19.1 Å². The van der Waals surface area contributed by atoms with Crippen LogP contribution in [0.1, 0.15) is 17.4 Å². The number of anilines is 1. The fraction of sp³-hybridized carbons (Fsp3) is 0.318. The van der Waals surface area contributed by atoms with E-state index in [4.69, 9.17) is 9.47 Å². The van der Waals surface area contributed by atoms with Gasteiger partial charge in [-0.2, -0.15) is 0 Å². The van der Waals surface area contributed by atoms with E-state index < -0.39 is 12.1 Å². The van der Waals surface area contributed by atoms with Crippen LogP contribution >= 0.6 is 11.3 Å². The molecule has 0 N–H and O–H groups in total. The first-order chi connectivity index (χ1) is 15.5. The first-order valence-corrected chi connectivity index (χ1v) is 11.0. The van der Waals surface area contributed by atoms with Gasteiger partial charge >= 0.3 is 5.97 Å². The third-order valence-electron chi connectivity index (χ3n) is 5.11. The van der Waals surface area contributed by atoms with Crippen LogP contribution in [0.4, 0.5) is 5.95 Å². The largest absolute Gasteiger partial charge is 0.497 e. The number of benzene rings is 1.